The zero-order valence-electron chi connectivity index (χ0n) is 12.4. The van der Waals surface area contributed by atoms with Crippen molar-refractivity contribution < 1.29 is 13.0 Å². The molecule has 0 radical (unpaired) electrons. The van der Waals surface area contributed by atoms with E-state index in [1.807, 2.05) is 24.3 Å². The summed E-state index contributed by atoms with van der Waals surface area (Å²) in [7, 11) is -1.64. The molecule has 0 unspecified atom stereocenters. The Balaban J connectivity index is 1.70. The maximum atomic E-state index is 12.5. The Labute approximate surface area is 135 Å². The third-order valence-electron chi connectivity index (χ3n) is 4.13. The zero-order valence-corrected chi connectivity index (χ0v) is 14.0. The van der Waals surface area contributed by atoms with E-state index in [-0.39, 0.29) is 0 Å². The lowest BCUT2D eigenvalue weighted by Crippen LogP contribution is -2.41. The molecule has 0 saturated carbocycles. The predicted octanol–water partition coefficient (Wildman–Crippen LogP) is 1.94. The van der Waals surface area contributed by atoms with Crippen LogP contribution in [0.2, 0.25) is 5.02 Å². The van der Waals surface area contributed by atoms with E-state index in [1.54, 1.807) is 34.6 Å². The Morgan fingerprint density at radius 3 is 2.36 bits per heavy atom. The summed E-state index contributed by atoms with van der Waals surface area (Å²) < 4.78 is 29.6. The lowest BCUT2D eigenvalue weighted by molar-refractivity contribution is -0.670. The van der Waals surface area contributed by atoms with Gasteiger partial charge in [-0.3, -0.25) is 0 Å². The van der Waals surface area contributed by atoms with Crippen molar-refractivity contribution >= 4 is 21.8 Å². The molecule has 1 fully saturated rings. The van der Waals surface area contributed by atoms with Crippen LogP contribution in [0.25, 0.3) is 0 Å². The van der Waals surface area contributed by atoms with Gasteiger partial charge in [0.05, 0.1) is 7.05 Å². The van der Waals surface area contributed by atoms with Crippen LogP contribution in [0.15, 0.2) is 43.0 Å². The summed E-state index contributed by atoms with van der Waals surface area (Å²) in [6, 6.07) is 7.84. The Bertz CT molecular complexity index is 747. The third-order valence-corrected chi connectivity index (χ3v) is 6.15. The minimum Gasteiger partial charge on any atom is -0.238 e. The monoisotopic (exact) mass is 340 g/mol. The number of aromatic nitrogens is 2. The average Bonchev–Trinajstić information content (AvgIpc) is 2.96. The molecule has 118 valence electrons. The van der Waals surface area contributed by atoms with E-state index in [1.165, 1.54) is 9.54 Å². The number of nitrogens with zero attached hydrogens (tertiary/aromatic N) is 3. The summed E-state index contributed by atoms with van der Waals surface area (Å²) in [6.07, 6.45) is 6.52. The highest BCUT2D eigenvalue weighted by atomic mass is 35.5. The Kier molecular flexibility index (Phi) is 4.25. The van der Waals surface area contributed by atoms with Crippen molar-refractivity contribution in [3.8, 4) is 0 Å². The molecule has 1 aromatic heterocycles. The molecule has 22 heavy (non-hydrogen) atoms. The van der Waals surface area contributed by atoms with Crippen LogP contribution in [0.4, 0.5) is 0 Å². The summed E-state index contributed by atoms with van der Waals surface area (Å²) in [5.41, 5.74) is 1.23. The summed E-state index contributed by atoms with van der Waals surface area (Å²) in [6.45, 7) is 1.08. The molecule has 1 saturated heterocycles. The van der Waals surface area contributed by atoms with Crippen LogP contribution in [0.5, 0.6) is 0 Å². The van der Waals surface area contributed by atoms with Gasteiger partial charge in [-0.1, -0.05) is 23.7 Å². The van der Waals surface area contributed by atoms with E-state index in [0.29, 0.717) is 19.0 Å². The molecule has 0 N–H and O–H groups in total. The van der Waals surface area contributed by atoms with Gasteiger partial charge in [0.15, 0.2) is 0 Å². The van der Waals surface area contributed by atoms with E-state index >= 15 is 0 Å². The van der Waals surface area contributed by atoms with Crippen LogP contribution in [0.3, 0.4) is 0 Å². The fraction of sp³-hybridized carbons (Fsp3) is 0.400. The molecule has 0 aliphatic carbocycles. The Morgan fingerprint density at radius 1 is 1.18 bits per heavy atom. The topological polar surface area (TPSA) is 46.2 Å². The number of hydrogen-bond acceptors (Lipinski definition) is 2. The second-order valence-corrected chi connectivity index (χ2v) is 7.91. The van der Waals surface area contributed by atoms with Crippen LogP contribution in [-0.2, 0) is 17.3 Å². The molecular weight excluding hydrogens is 322 g/mol. The average molecular weight is 341 g/mol. The number of hydrogen-bond donors (Lipinski definition) is 0. The lowest BCUT2D eigenvalue weighted by atomic mass is 9.90. The minimum absolute atomic E-state index is 0.393. The van der Waals surface area contributed by atoms with Crippen molar-refractivity contribution in [1.29, 1.82) is 0 Å². The normalized spacial score (nSPS) is 17.7. The smallest absolute Gasteiger partial charge is 0.238 e. The molecule has 1 aliphatic heterocycles. The van der Waals surface area contributed by atoms with Crippen molar-refractivity contribution in [1.82, 2.24) is 8.28 Å². The highest BCUT2D eigenvalue weighted by molar-refractivity contribution is 7.87. The van der Waals surface area contributed by atoms with Gasteiger partial charge in [0.2, 0.25) is 0 Å². The molecule has 0 amide bonds. The van der Waals surface area contributed by atoms with Gasteiger partial charge in [0.25, 0.3) is 6.33 Å². The van der Waals surface area contributed by atoms with Gasteiger partial charge in [-0.25, -0.2) is 4.57 Å². The van der Waals surface area contributed by atoms with Gasteiger partial charge in [0, 0.05) is 18.1 Å². The molecule has 3 rings (SSSR count). The first-order chi connectivity index (χ1) is 10.5. The molecule has 5 nitrogen and oxygen atoms in total. The largest absolute Gasteiger partial charge is 0.379 e. The van der Waals surface area contributed by atoms with E-state index in [4.69, 9.17) is 11.6 Å². The highest BCUT2D eigenvalue weighted by Crippen LogP contribution is 2.30. The Morgan fingerprint density at radius 2 is 1.82 bits per heavy atom. The van der Waals surface area contributed by atoms with Gasteiger partial charge in [0.1, 0.15) is 12.4 Å². The van der Waals surface area contributed by atoms with E-state index in [0.717, 1.165) is 17.9 Å². The Hall–Kier alpha value is -1.37. The van der Waals surface area contributed by atoms with Gasteiger partial charge >= 0.3 is 10.2 Å². The molecule has 1 aliphatic rings. The fourth-order valence-corrected chi connectivity index (χ4v) is 4.39. The summed E-state index contributed by atoms with van der Waals surface area (Å²) in [4.78, 5) is 0. The first kappa shape index (κ1) is 15.5. The number of imidazole rings is 1. The standard InChI is InChI=1S/C15H19ClN3O2S/c1-17-10-11-19(12-17)22(20,21)18-8-6-14(7-9-18)13-2-4-15(16)5-3-13/h2-5,10-12,14H,6-9H2,1H3/q+1. The van der Waals surface area contributed by atoms with Crippen molar-refractivity contribution in [2.45, 2.75) is 18.8 Å². The second kappa shape index (κ2) is 6.02. The molecule has 0 atom stereocenters. The van der Waals surface area contributed by atoms with Crippen LogP contribution in [0.1, 0.15) is 24.3 Å². The SMILES string of the molecule is C[n+]1ccn(S(=O)(=O)N2CCC(c3ccc(Cl)cc3)CC2)c1. The summed E-state index contributed by atoms with van der Waals surface area (Å²) in [5, 5.41) is 0.726. The van der Waals surface area contributed by atoms with E-state index in [2.05, 4.69) is 0 Å². The number of halogens is 1. The third kappa shape index (κ3) is 3.04. The van der Waals surface area contributed by atoms with E-state index < -0.39 is 10.2 Å². The summed E-state index contributed by atoms with van der Waals surface area (Å²) in [5.74, 6) is 0.393. The highest BCUT2D eigenvalue weighted by Gasteiger charge is 2.32. The molecule has 0 spiro atoms. The number of benzene rings is 1. The minimum atomic E-state index is -3.45. The maximum absolute atomic E-state index is 12.5. The zero-order chi connectivity index (χ0) is 15.7. The molecule has 1 aromatic carbocycles. The van der Waals surface area contributed by atoms with E-state index in [9.17, 15) is 8.42 Å². The van der Waals surface area contributed by atoms with Crippen LogP contribution in [-0.4, -0.2) is 29.8 Å². The quantitative estimate of drug-likeness (QED) is 0.802. The first-order valence-electron chi connectivity index (χ1n) is 7.26. The predicted molar refractivity (Wildman–Crippen MR) is 84.9 cm³/mol. The van der Waals surface area contributed by atoms with Gasteiger partial charge in [-0.15, -0.1) is 3.97 Å². The fourth-order valence-electron chi connectivity index (χ4n) is 2.85. The van der Waals surface area contributed by atoms with Gasteiger partial charge in [-0.2, -0.15) is 12.7 Å². The maximum Gasteiger partial charge on any atom is 0.379 e. The molecule has 0 bridgehead atoms. The molecule has 7 heteroatoms. The van der Waals surface area contributed by atoms with Crippen LogP contribution < -0.4 is 4.57 Å². The van der Waals surface area contributed by atoms with Crippen molar-refractivity contribution in [3.63, 3.8) is 0 Å². The number of piperidine rings is 1. The number of aryl methyl sites for hydroxylation is 1. The molecule has 2 aromatic rings. The van der Waals surface area contributed by atoms with Crippen LogP contribution in [0, 0.1) is 0 Å². The molecular formula is C15H19ClN3O2S+. The van der Waals surface area contributed by atoms with Crippen LogP contribution >= 0.6 is 11.6 Å². The second-order valence-electron chi connectivity index (χ2n) is 5.64. The van der Waals surface area contributed by atoms with Crippen molar-refractivity contribution in [3.05, 3.63) is 53.6 Å². The van der Waals surface area contributed by atoms with Crippen molar-refractivity contribution in [2.75, 3.05) is 13.1 Å². The summed E-state index contributed by atoms with van der Waals surface area (Å²) >= 11 is 5.91. The lowest BCUT2D eigenvalue weighted by Gasteiger charge is -2.29. The van der Waals surface area contributed by atoms with Gasteiger partial charge in [-0.05, 0) is 36.5 Å². The van der Waals surface area contributed by atoms with Crippen molar-refractivity contribution in [2.24, 2.45) is 7.05 Å². The number of rotatable bonds is 3. The van der Waals surface area contributed by atoms with Gasteiger partial charge < -0.3 is 0 Å². The first-order valence-corrected chi connectivity index (χ1v) is 9.03. The molecule has 2 heterocycles.